The molecule has 32 heavy (non-hydrogen) atoms. The number of carbonyl (C=O) groups excluding carboxylic acids is 1. The second kappa shape index (κ2) is 9.89. The molecular formula is C23H25F2N3O3S. The van der Waals surface area contributed by atoms with E-state index in [1.165, 1.54) is 22.3 Å². The van der Waals surface area contributed by atoms with E-state index in [0.29, 0.717) is 42.6 Å². The summed E-state index contributed by atoms with van der Waals surface area (Å²) in [6.45, 7) is 6.19. The number of morpholine rings is 1. The third-order valence-corrected chi connectivity index (χ3v) is 6.72. The van der Waals surface area contributed by atoms with Crippen LogP contribution in [0.4, 0.5) is 13.9 Å². The molecule has 0 saturated carbocycles. The Bertz CT molecular complexity index is 1120. The lowest BCUT2D eigenvalue weighted by molar-refractivity contribution is 0.0376. The standard InChI is InChI=1S/C23H25F2N3O3S/c1-15-4-7-19(30-2)20-21(15)32-23(26-20)28(9-3-8-27-10-12-31-13-11-27)22(29)17-6-5-16(24)14-18(17)25/h4-7,14H,3,8-13H2,1-2H3. The largest absolute Gasteiger partial charge is 0.494 e. The second-order valence-electron chi connectivity index (χ2n) is 7.65. The van der Waals surface area contributed by atoms with E-state index in [9.17, 15) is 13.6 Å². The average molecular weight is 462 g/mol. The van der Waals surface area contributed by atoms with Gasteiger partial charge in [-0.1, -0.05) is 17.4 Å². The maximum absolute atomic E-state index is 14.4. The minimum absolute atomic E-state index is 0.180. The normalized spacial score (nSPS) is 14.6. The van der Waals surface area contributed by atoms with Gasteiger partial charge in [-0.15, -0.1) is 0 Å². The van der Waals surface area contributed by atoms with Crippen LogP contribution in [0.2, 0.25) is 0 Å². The molecule has 0 unspecified atom stereocenters. The van der Waals surface area contributed by atoms with Gasteiger partial charge in [-0.3, -0.25) is 14.6 Å². The van der Waals surface area contributed by atoms with Gasteiger partial charge in [0.2, 0.25) is 0 Å². The molecule has 0 aliphatic carbocycles. The van der Waals surface area contributed by atoms with Gasteiger partial charge < -0.3 is 9.47 Å². The molecule has 2 heterocycles. The lowest BCUT2D eigenvalue weighted by Crippen LogP contribution is -2.39. The summed E-state index contributed by atoms with van der Waals surface area (Å²) >= 11 is 1.36. The summed E-state index contributed by atoms with van der Waals surface area (Å²) in [5, 5.41) is 0.461. The number of amides is 1. The maximum atomic E-state index is 14.4. The van der Waals surface area contributed by atoms with Crippen molar-refractivity contribution in [3.63, 3.8) is 0 Å². The molecule has 0 atom stereocenters. The molecule has 1 aliphatic heterocycles. The van der Waals surface area contributed by atoms with Crippen LogP contribution in [0.25, 0.3) is 10.2 Å². The Kier molecular flexibility index (Phi) is 6.98. The summed E-state index contributed by atoms with van der Waals surface area (Å²) in [6, 6.07) is 6.78. The van der Waals surface area contributed by atoms with Gasteiger partial charge in [0.05, 0.1) is 30.6 Å². The number of methoxy groups -OCH3 is 1. The molecule has 170 valence electrons. The van der Waals surface area contributed by atoms with Crippen molar-refractivity contribution >= 4 is 32.6 Å². The topological polar surface area (TPSA) is 54.9 Å². The van der Waals surface area contributed by atoms with Crippen molar-refractivity contribution in [2.75, 3.05) is 51.4 Å². The van der Waals surface area contributed by atoms with E-state index >= 15 is 0 Å². The monoisotopic (exact) mass is 461 g/mol. The lowest BCUT2D eigenvalue weighted by Gasteiger charge is -2.27. The van der Waals surface area contributed by atoms with Crippen LogP contribution in [-0.4, -0.2) is 62.3 Å². The molecule has 0 N–H and O–H groups in total. The number of anilines is 1. The van der Waals surface area contributed by atoms with E-state index in [4.69, 9.17) is 9.47 Å². The molecule has 1 fully saturated rings. The van der Waals surface area contributed by atoms with E-state index in [-0.39, 0.29) is 5.56 Å². The van der Waals surface area contributed by atoms with Crippen molar-refractivity contribution < 1.29 is 23.0 Å². The van der Waals surface area contributed by atoms with Gasteiger partial charge in [0.25, 0.3) is 5.91 Å². The van der Waals surface area contributed by atoms with Crippen molar-refractivity contribution in [2.24, 2.45) is 0 Å². The fourth-order valence-electron chi connectivity index (χ4n) is 3.75. The number of rotatable bonds is 7. The highest BCUT2D eigenvalue weighted by Crippen LogP contribution is 2.37. The Morgan fingerprint density at radius 1 is 1.25 bits per heavy atom. The summed E-state index contributed by atoms with van der Waals surface area (Å²) in [5.41, 5.74) is 1.50. The SMILES string of the molecule is COc1ccc(C)c2sc(N(CCCN3CCOCC3)C(=O)c3ccc(F)cc3F)nc12. The van der Waals surface area contributed by atoms with Gasteiger partial charge in [0, 0.05) is 32.2 Å². The van der Waals surface area contributed by atoms with Crippen LogP contribution >= 0.6 is 11.3 Å². The smallest absolute Gasteiger partial charge is 0.263 e. The predicted molar refractivity (Wildman–Crippen MR) is 121 cm³/mol. The number of benzene rings is 2. The Balaban J connectivity index is 1.65. The zero-order chi connectivity index (χ0) is 22.7. The number of aromatic nitrogens is 1. The van der Waals surface area contributed by atoms with Crippen molar-refractivity contribution in [1.29, 1.82) is 0 Å². The third kappa shape index (κ3) is 4.74. The van der Waals surface area contributed by atoms with Gasteiger partial charge in [-0.05, 0) is 37.1 Å². The number of thiazole rings is 1. The fraction of sp³-hybridized carbons (Fsp3) is 0.391. The first kappa shape index (κ1) is 22.6. The molecule has 6 nitrogen and oxygen atoms in total. The molecule has 1 amide bonds. The first-order chi connectivity index (χ1) is 15.5. The summed E-state index contributed by atoms with van der Waals surface area (Å²) in [6.07, 6.45) is 0.681. The van der Waals surface area contributed by atoms with Crippen molar-refractivity contribution in [3.8, 4) is 5.75 Å². The maximum Gasteiger partial charge on any atom is 0.263 e. The summed E-state index contributed by atoms with van der Waals surface area (Å²) in [5.74, 6) is -1.54. The fourth-order valence-corrected chi connectivity index (χ4v) is 4.82. The van der Waals surface area contributed by atoms with Gasteiger partial charge in [-0.2, -0.15) is 0 Å². The summed E-state index contributed by atoms with van der Waals surface area (Å²) in [7, 11) is 1.57. The van der Waals surface area contributed by atoms with Crippen LogP contribution in [0.3, 0.4) is 0 Å². The first-order valence-electron chi connectivity index (χ1n) is 10.5. The van der Waals surface area contributed by atoms with Crippen LogP contribution in [0, 0.1) is 18.6 Å². The molecule has 2 aromatic carbocycles. The molecule has 4 rings (SSSR count). The summed E-state index contributed by atoms with van der Waals surface area (Å²) < 4.78 is 39.6. The van der Waals surface area contributed by atoms with Gasteiger partial charge in [0.15, 0.2) is 5.13 Å². The van der Waals surface area contributed by atoms with E-state index in [1.807, 2.05) is 19.1 Å². The van der Waals surface area contributed by atoms with Gasteiger partial charge in [0.1, 0.15) is 22.9 Å². The number of halogens is 2. The number of hydrogen-bond donors (Lipinski definition) is 0. The highest BCUT2D eigenvalue weighted by molar-refractivity contribution is 7.22. The predicted octanol–water partition coefficient (Wildman–Crippen LogP) is 4.26. The van der Waals surface area contributed by atoms with Gasteiger partial charge in [-0.25, -0.2) is 13.8 Å². The Morgan fingerprint density at radius 3 is 2.75 bits per heavy atom. The zero-order valence-corrected chi connectivity index (χ0v) is 18.9. The number of aryl methyl sites for hydroxylation is 1. The van der Waals surface area contributed by atoms with Crippen LogP contribution in [0.1, 0.15) is 22.3 Å². The van der Waals surface area contributed by atoms with Crippen molar-refractivity contribution in [2.45, 2.75) is 13.3 Å². The number of hydrogen-bond acceptors (Lipinski definition) is 6. The molecule has 0 bridgehead atoms. The molecule has 1 aliphatic rings. The molecule has 3 aromatic rings. The quantitative estimate of drug-likeness (QED) is 0.526. The van der Waals surface area contributed by atoms with Gasteiger partial charge >= 0.3 is 0 Å². The van der Waals surface area contributed by atoms with E-state index in [2.05, 4.69) is 9.88 Å². The van der Waals surface area contributed by atoms with Crippen LogP contribution in [0.5, 0.6) is 5.75 Å². The lowest BCUT2D eigenvalue weighted by atomic mass is 10.1. The summed E-state index contributed by atoms with van der Waals surface area (Å²) in [4.78, 5) is 21.8. The highest BCUT2D eigenvalue weighted by Gasteiger charge is 2.25. The molecule has 1 saturated heterocycles. The minimum Gasteiger partial charge on any atom is -0.494 e. The number of ether oxygens (including phenoxy) is 2. The molecule has 0 spiro atoms. The van der Waals surface area contributed by atoms with Crippen LogP contribution in [0.15, 0.2) is 30.3 Å². The van der Waals surface area contributed by atoms with Crippen LogP contribution in [-0.2, 0) is 4.74 Å². The molecule has 9 heteroatoms. The Morgan fingerprint density at radius 2 is 2.03 bits per heavy atom. The number of fused-ring (bicyclic) bond motifs is 1. The third-order valence-electron chi connectivity index (χ3n) is 5.51. The number of carbonyl (C=O) groups is 1. The zero-order valence-electron chi connectivity index (χ0n) is 18.1. The van der Waals surface area contributed by atoms with Crippen molar-refractivity contribution in [1.82, 2.24) is 9.88 Å². The molecular weight excluding hydrogens is 436 g/mol. The average Bonchev–Trinajstić information content (AvgIpc) is 3.23. The van der Waals surface area contributed by atoms with Crippen LogP contribution < -0.4 is 9.64 Å². The van der Waals surface area contributed by atoms with E-state index < -0.39 is 17.5 Å². The van der Waals surface area contributed by atoms with Crippen molar-refractivity contribution in [3.05, 3.63) is 53.1 Å². The first-order valence-corrected chi connectivity index (χ1v) is 11.3. The highest BCUT2D eigenvalue weighted by atomic mass is 32.1. The Hall–Kier alpha value is -2.62. The second-order valence-corrected chi connectivity index (χ2v) is 8.62. The van der Waals surface area contributed by atoms with E-state index in [1.54, 1.807) is 7.11 Å². The minimum atomic E-state index is -0.886. The molecule has 0 radical (unpaired) electrons. The number of nitrogens with zero attached hydrogens (tertiary/aromatic N) is 3. The van der Waals surface area contributed by atoms with E-state index in [0.717, 1.165) is 42.0 Å². The molecule has 1 aromatic heterocycles. The Labute approximate surface area is 189 Å².